The van der Waals surface area contributed by atoms with Crippen molar-refractivity contribution in [1.29, 1.82) is 0 Å². The van der Waals surface area contributed by atoms with Crippen LogP contribution in [-0.2, 0) is 6.42 Å². The van der Waals surface area contributed by atoms with Gasteiger partial charge in [0.2, 0.25) is 0 Å². The summed E-state index contributed by atoms with van der Waals surface area (Å²) in [5, 5.41) is 0. The van der Waals surface area contributed by atoms with Crippen molar-refractivity contribution in [2.45, 2.75) is 34.1 Å². The van der Waals surface area contributed by atoms with Gasteiger partial charge in [0.05, 0.1) is 28.5 Å². The van der Waals surface area contributed by atoms with Crippen LogP contribution in [0.15, 0.2) is 24.3 Å². The first-order valence-corrected chi connectivity index (χ1v) is 7.91. The van der Waals surface area contributed by atoms with Gasteiger partial charge in [0.25, 0.3) is 0 Å². The van der Waals surface area contributed by atoms with Crippen LogP contribution in [0.2, 0.25) is 0 Å². The molecule has 24 heavy (non-hydrogen) atoms. The van der Waals surface area contributed by atoms with Crippen LogP contribution in [-0.4, -0.2) is 19.9 Å². The molecule has 0 saturated heterocycles. The predicted octanol–water partition coefficient (Wildman–Crippen LogP) is 4.69. The maximum atomic E-state index is 4.70. The van der Waals surface area contributed by atoms with Crippen molar-refractivity contribution in [1.82, 2.24) is 19.9 Å². The first-order valence-electron chi connectivity index (χ1n) is 7.91. The molecule has 4 nitrogen and oxygen atoms in total. The zero-order valence-corrected chi connectivity index (χ0v) is 15.1. The Balaban J connectivity index is 0.00000169. The van der Waals surface area contributed by atoms with Crippen molar-refractivity contribution in [3.63, 3.8) is 0 Å². The molecule has 2 aromatic carbocycles. The van der Waals surface area contributed by atoms with Crippen molar-refractivity contribution in [2.24, 2.45) is 0 Å². The van der Waals surface area contributed by atoms with Crippen LogP contribution in [0.3, 0.4) is 0 Å². The van der Waals surface area contributed by atoms with Crippen LogP contribution in [0, 0.1) is 27.7 Å². The number of aromatic nitrogens is 4. The summed E-state index contributed by atoms with van der Waals surface area (Å²) >= 11 is 0. The number of aryl methyl sites for hydroxylation is 4. The summed E-state index contributed by atoms with van der Waals surface area (Å²) in [5.41, 5.74) is 9.31. The number of H-pyrrole nitrogens is 2. The summed E-state index contributed by atoms with van der Waals surface area (Å²) in [5.74, 6) is 1.88. The Kier molecular flexibility index (Phi) is 4.10. The molecule has 0 aliphatic rings. The van der Waals surface area contributed by atoms with E-state index in [1.165, 1.54) is 22.3 Å². The Morgan fingerprint density at radius 1 is 0.667 bits per heavy atom. The molecule has 0 saturated carbocycles. The summed E-state index contributed by atoms with van der Waals surface area (Å²) in [7, 11) is 0. The van der Waals surface area contributed by atoms with E-state index in [2.05, 4.69) is 61.9 Å². The molecule has 0 fully saturated rings. The van der Waals surface area contributed by atoms with Gasteiger partial charge < -0.3 is 9.97 Å². The predicted molar refractivity (Wildman–Crippen MR) is 101 cm³/mol. The van der Waals surface area contributed by atoms with E-state index < -0.39 is 0 Å². The second-order valence-electron chi connectivity index (χ2n) is 6.45. The molecule has 4 rings (SSSR count). The molecule has 0 spiro atoms. The van der Waals surface area contributed by atoms with Crippen molar-refractivity contribution in [3.05, 3.63) is 58.2 Å². The highest BCUT2D eigenvalue weighted by Gasteiger charge is 2.09. The molecule has 0 bridgehead atoms. The number of rotatable bonds is 2. The maximum absolute atomic E-state index is 4.70. The highest BCUT2D eigenvalue weighted by molar-refractivity contribution is 5.85. The highest BCUT2D eigenvalue weighted by Crippen LogP contribution is 2.20. The molecule has 4 aromatic rings. The van der Waals surface area contributed by atoms with Crippen molar-refractivity contribution >= 4 is 34.5 Å². The summed E-state index contributed by atoms with van der Waals surface area (Å²) in [6.07, 6.45) is 0.680. The quantitative estimate of drug-likeness (QED) is 0.556. The highest BCUT2D eigenvalue weighted by atomic mass is 35.5. The smallest absolute Gasteiger partial charge is 0.114 e. The molecule has 0 aliphatic heterocycles. The van der Waals surface area contributed by atoms with E-state index in [0.717, 1.165) is 33.7 Å². The largest absolute Gasteiger partial charge is 0.342 e. The van der Waals surface area contributed by atoms with Gasteiger partial charge in [0.15, 0.2) is 0 Å². The minimum atomic E-state index is 0. The number of imidazole rings is 2. The molecule has 0 atom stereocenters. The minimum Gasteiger partial charge on any atom is -0.342 e. The summed E-state index contributed by atoms with van der Waals surface area (Å²) in [6, 6.07) is 8.59. The van der Waals surface area contributed by atoms with Gasteiger partial charge in [-0.15, -0.1) is 12.4 Å². The van der Waals surface area contributed by atoms with Gasteiger partial charge in [0.1, 0.15) is 11.6 Å². The number of hydrogen-bond acceptors (Lipinski definition) is 2. The number of fused-ring (bicyclic) bond motifs is 2. The van der Waals surface area contributed by atoms with Crippen LogP contribution >= 0.6 is 12.4 Å². The van der Waals surface area contributed by atoms with Crippen LogP contribution in [0.1, 0.15) is 33.9 Å². The maximum Gasteiger partial charge on any atom is 0.114 e. The van der Waals surface area contributed by atoms with E-state index in [1.807, 2.05) is 0 Å². The number of benzene rings is 2. The first kappa shape index (κ1) is 16.5. The van der Waals surface area contributed by atoms with E-state index in [9.17, 15) is 0 Å². The van der Waals surface area contributed by atoms with E-state index in [1.54, 1.807) is 0 Å². The first-order chi connectivity index (χ1) is 11.0. The fourth-order valence-corrected chi connectivity index (χ4v) is 2.97. The van der Waals surface area contributed by atoms with Crippen LogP contribution in [0.25, 0.3) is 22.1 Å². The molecule has 0 radical (unpaired) electrons. The van der Waals surface area contributed by atoms with Gasteiger partial charge >= 0.3 is 0 Å². The molecular weight excluding hydrogens is 320 g/mol. The lowest BCUT2D eigenvalue weighted by atomic mass is 10.1. The number of halogens is 1. The van der Waals surface area contributed by atoms with Crippen molar-refractivity contribution in [3.8, 4) is 0 Å². The van der Waals surface area contributed by atoms with E-state index in [0.29, 0.717) is 6.42 Å². The van der Waals surface area contributed by atoms with Gasteiger partial charge in [-0.25, -0.2) is 9.97 Å². The Labute approximate surface area is 147 Å². The van der Waals surface area contributed by atoms with Gasteiger partial charge in [0, 0.05) is 0 Å². The van der Waals surface area contributed by atoms with Crippen LogP contribution in [0.4, 0.5) is 0 Å². The second-order valence-corrected chi connectivity index (χ2v) is 6.45. The molecule has 0 unspecified atom stereocenters. The molecule has 2 N–H and O–H groups in total. The van der Waals surface area contributed by atoms with Gasteiger partial charge in [-0.1, -0.05) is 0 Å². The molecule has 2 heterocycles. The normalized spacial score (nSPS) is 11.2. The number of nitrogens with one attached hydrogen (secondary N) is 2. The fraction of sp³-hybridized carbons (Fsp3) is 0.263. The average molecular weight is 341 g/mol. The third kappa shape index (κ3) is 2.78. The summed E-state index contributed by atoms with van der Waals surface area (Å²) < 4.78 is 0. The van der Waals surface area contributed by atoms with Crippen molar-refractivity contribution in [2.75, 3.05) is 0 Å². The SMILES string of the molecule is Cc1cc2nc(Cc3nc4cc(C)c(C)cc4[nH]3)[nH]c2cc1C.Cl. The zero-order valence-electron chi connectivity index (χ0n) is 14.3. The monoisotopic (exact) mass is 340 g/mol. The number of hydrogen-bond donors (Lipinski definition) is 2. The molecule has 0 amide bonds. The molecule has 2 aromatic heterocycles. The minimum absolute atomic E-state index is 0. The standard InChI is InChI=1S/C19H20N4.ClH/c1-10-5-14-15(6-11(10)2)21-18(20-14)9-19-22-16-7-12(3)13(4)8-17(16)23-19;/h5-8H,9H2,1-4H3,(H,20,21)(H,22,23);1H. The fourth-order valence-electron chi connectivity index (χ4n) is 2.97. The average Bonchev–Trinajstić information content (AvgIpc) is 3.03. The Hall–Kier alpha value is -2.33. The zero-order chi connectivity index (χ0) is 16.1. The lowest BCUT2D eigenvalue weighted by molar-refractivity contribution is 0.960. The molecule has 5 heteroatoms. The Morgan fingerprint density at radius 2 is 1.04 bits per heavy atom. The molecule has 0 aliphatic carbocycles. The third-order valence-electron chi connectivity index (χ3n) is 4.63. The molecular formula is C19H21ClN4. The van der Waals surface area contributed by atoms with Crippen LogP contribution in [0.5, 0.6) is 0 Å². The Bertz CT molecular complexity index is 881. The topological polar surface area (TPSA) is 57.4 Å². The van der Waals surface area contributed by atoms with Gasteiger partial charge in [-0.2, -0.15) is 0 Å². The van der Waals surface area contributed by atoms with Gasteiger partial charge in [-0.05, 0) is 74.2 Å². The third-order valence-corrected chi connectivity index (χ3v) is 4.63. The van der Waals surface area contributed by atoms with E-state index >= 15 is 0 Å². The summed E-state index contributed by atoms with van der Waals surface area (Å²) in [6.45, 7) is 8.48. The lowest BCUT2D eigenvalue weighted by Crippen LogP contribution is -1.92. The van der Waals surface area contributed by atoms with Crippen molar-refractivity contribution < 1.29 is 0 Å². The van der Waals surface area contributed by atoms with Crippen LogP contribution < -0.4 is 0 Å². The second kappa shape index (κ2) is 5.95. The molecule has 124 valence electrons. The Morgan fingerprint density at radius 3 is 1.46 bits per heavy atom. The van der Waals surface area contributed by atoms with E-state index in [-0.39, 0.29) is 12.4 Å². The summed E-state index contributed by atoms with van der Waals surface area (Å²) in [4.78, 5) is 16.2. The lowest BCUT2D eigenvalue weighted by Gasteiger charge is -1.97. The van der Waals surface area contributed by atoms with E-state index in [4.69, 9.17) is 9.97 Å². The number of nitrogens with zero attached hydrogens (tertiary/aromatic N) is 2. The number of aromatic amines is 2. The van der Waals surface area contributed by atoms with Gasteiger partial charge in [-0.3, -0.25) is 0 Å².